The van der Waals surface area contributed by atoms with Gasteiger partial charge in [0.25, 0.3) is 5.91 Å². The number of hydrogen-bond donors (Lipinski definition) is 1. The van der Waals surface area contributed by atoms with Gasteiger partial charge >= 0.3 is 0 Å². The Bertz CT molecular complexity index is 1000. The van der Waals surface area contributed by atoms with Gasteiger partial charge in [0.1, 0.15) is 5.69 Å². The monoisotopic (exact) mass is 423 g/mol. The summed E-state index contributed by atoms with van der Waals surface area (Å²) in [4.78, 5) is 15.7. The van der Waals surface area contributed by atoms with Crippen LogP contribution >= 0.6 is 11.6 Å². The summed E-state index contributed by atoms with van der Waals surface area (Å²) < 4.78 is 2.16. The Labute approximate surface area is 183 Å². The van der Waals surface area contributed by atoms with Crippen LogP contribution in [0.1, 0.15) is 42.7 Å². The molecular formula is C25H30ClN3O. The maximum atomic E-state index is 13.2. The molecule has 30 heavy (non-hydrogen) atoms. The Morgan fingerprint density at radius 3 is 2.50 bits per heavy atom. The zero-order valence-electron chi connectivity index (χ0n) is 17.8. The molecule has 0 radical (unpaired) electrons. The number of carbonyl (C=O) groups excluding carboxylic acids is 1. The minimum atomic E-state index is 0.0327. The van der Waals surface area contributed by atoms with E-state index in [1.807, 2.05) is 30.3 Å². The van der Waals surface area contributed by atoms with Crippen molar-refractivity contribution in [3.8, 4) is 0 Å². The van der Waals surface area contributed by atoms with E-state index in [2.05, 4.69) is 52.9 Å². The Morgan fingerprint density at radius 1 is 1.10 bits per heavy atom. The first-order valence-corrected chi connectivity index (χ1v) is 11.3. The molecule has 3 aromatic rings. The number of hydrogen-bond acceptors (Lipinski definition) is 2. The Kier molecular flexibility index (Phi) is 6.45. The molecular weight excluding hydrogens is 394 g/mol. The number of aryl methyl sites for hydroxylation is 2. The van der Waals surface area contributed by atoms with Crippen LogP contribution in [0.3, 0.4) is 0 Å². The number of amides is 1. The van der Waals surface area contributed by atoms with Crippen LogP contribution in [0.5, 0.6) is 0 Å². The van der Waals surface area contributed by atoms with Crippen LogP contribution < -0.4 is 5.32 Å². The molecule has 0 saturated carbocycles. The van der Waals surface area contributed by atoms with Crippen molar-refractivity contribution in [3.63, 3.8) is 0 Å². The highest BCUT2D eigenvalue weighted by Crippen LogP contribution is 2.22. The first-order chi connectivity index (χ1) is 14.5. The molecule has 2 heterocycles. The van der Waals surface area contributed by atoms with E-state index in [4.69, 9.17) is 11.6 Å². The standard InChI is InChI=1S/C25H30ClN3O/c1-18(2)28-14-12-22(13-15-28)27-25(30)24-17-20-5-3-4-6-23(20)29(24)16-11-19-7-9-21(26)10-8-19/h3-10,17-18,22H,11-16H2,1-2H3,(H,27,30). The second-order valence-electron chi connectivity index (χ2n) is 8.49. The fourth-order valence-corrected chi connectivity index (χ4v) is 4.48. The van der Waals surface area contributed by atoms with E-state index in [1.54, 1.807) is 0 Å². The molecule has 0 spiro atoms. The molecule has 0 atom stereocenters. The number of likely N-dealkylation sites (tertiary alicyclic amines) is 1. The van der Waals surface area contributed by atoms with E-state index in [9.17, 15) is 4.79 Å². The van der Waals surface area contributed by atoms with E-state index in [-0.39, 0.29) is 11.9 Å². The number of nitrogens with one attached hydrogen (secondary N) is 1. The lowest BCUT2D eigenvalue weighted by molar-refractivity contribution is 0.0892. The molecule has 1 saturated heterocycles. The first-order valence-electron chi connectivity index (χ1n) is 10.9. The second kappa shape index (κ2) is 9.23. The summed E-state index contributed by atoms with van der Waals surface area (Å²) in [5.74, 6) is 0.0327. The van der Waals surface area contributed by atoms with E-state index in [0.29, 0.717) is 6.04 Å². The normalized spacial score (nSPS) is 15.7. The zero-order chi connectivity index (χ0) is 21.1. The molecule has 0 bridgehead atoms. The number of halogens is 1. The molecule has 5 heteroatoms. The second-order valence-corrected chi connectivity index (χ2v) is 8.93. The summed E-state index contributed by atoms with van der Waals surface area (Å²) in [5.41, 5.74) is 3.06. The topological polar surface area (TPSA) is 37.3 Å². The minimum Gasteiger partial charge on any atom is -0.348 e. The fraction of sp³-hybridized carbons (Fsp3) is 0.400. The number of para-hydroxylation sites is 1. The lowest BCUT2D eigenvalue weighted by Crippen LogP contribution is -2.46. The predicted molar refractivity (Wildman–Crippen MR) is 124 cm³/mol. The SMILES string of the molecule is CC(C)N1CCC(NC(=O)c2cc3ccccc3n2CCc2ccc(Cl)cc2)CC1. The van der Waals surface area contributed by atoms with E-state index in [0.717, 1.165) is 60.5 Å². The van der Waals surface area contributed by atoms with Crippen LogP contribution in [-0.2, 0) is 13.0 Å². The molecule has 4 rings (SSSR count). The van der Waals surface area contributed by atoms with Crippen molar-refractivity contribution in [2.24, 2.45) is 0 Å². The van der Waals surface area contributed by atoms with Crippen molar-refractivity contribution in [3.05, 3.63) is 70.9 Å². The number of nitrogens with zero attached hydrogens (tertiary/aromatic N) is 2. The van der Waals surface area contributed by atoms with Gasteiger partial charge in [0.2, 0.25) is 0 Å². The third-order valence-electron chi connectivity index (χ3n) is 6.18. The van der Waals surface area contributed by atoms with Crippen LogP contribution in [0.25, 0.3) is 10.9 Å². The van der Waals surface area contributed by atoms with E-state index < -0.39 is 0 Å². The quantitative estimate of drug-likeness (QED) is 0.596. The molecule has 1 N–H and O–H groups in total. The molecule has 1 amide bonds. The molecule has 1 aromatic heterocycles. The zero-order valence-corrected chi connectivity index (χ0v) is 18.5. The summed E-state index contributed by atoms with van der Waals surface area (Å²) in [5, 5.41) is 5.15. The van der Waals surface area contributed by atoms with Crippen molar-refractivity contribution in [2.45, 2.75) is 51.7 Å². The number of benzene rings is 2. The van der Waals surface area contributed by atoms with E-state index in [1.165, 1.54) is 5.56 Å². The molecule has 1 aliphatic heterocycles. The fourth-order valence-electron chi connectivity index (χ4n) is 4.35. The molecule has 0 aliphatic carbocycles. The van der Waals surface area contributed by atoms with Gasteiger partial charge in [-0.25, -0.2) is 0 Å². The Hall–Kier alpha value is -2.30. The number of aromatic nitrogens is 1. The number of rotatable bonds is 6. The van der Waals surface area contributed by atoms with Gasteiger partial charge in [-0.15, -0.1) is 0 Å². The first kappa shape index (κ1) is 21.0. The van der Waals surface area contributed by atoms with Crippen LogP contribution in [0.15, 0.2) is 54.6 Å². The summed E-state index contributed by atoms with van der Waals surface area (Å²) in [6.45, 7) is 7.31. The Morgan fingerprint density at radius 2 is 1.80 bits per heavy atom. The van der Waals surface area contributed by atoms with Gasteiger partial charge in [-0.3, -0.25) is 4.79 Å². The van der Waals surface area contributed by atoms with Gasteiger partial charge in [0.15, 0.2) is 0 Å². The average Bonchev–Trinajstić information content (AvgIpc) is 3.12. The van der Waals surface area contributed by atoms with Gasteiger partial charge in [-0.1, -0.05) is 41.9 Å². The van der Waals surface area contributed by atoms with Gasteiger partial charge in [-0.2, -0.15) is 0 Å². The largest absolute Gasteiger partial charge is 0.348 e. The number of piperidine rings is 1. The summed E-state index contributed by atoms with van der Waals surface area (Å²) in [7, 11) is 0. The highest BCUT2D eigenvalue weighted by atomic mass is 35.5. The third kappa shape index (κ3) is 4.71. The van der Waals surface area contributed by atoms with Gasteiger partial charge in [-0.05, 0) is 62.9 Å². The van der Waals surface area contributed by atoms with Crippen LogP contribution in [-0.4, -0.2) is 40.5 Å². The van der Waals surface area contributed by atoms with Gasteiger partial charge < -0.3 is 14.8 Å². The van der Waals surface area contributed by atoms with Crippen molar-refractivity contribution in [1.29, 1.82) is 0 Å². The average molecular weight is 424 g/mol. The Balaban J connectivity index is 1.50. The van der Waals surface area contributed by atoms with Crippen molar-refractivity contribution in [2.75, 3.05) is 13.1 Å². The number of carbonyl (C=O) groups is 1. The molecule has 158 valence electrons. The summed E-state index contributed by atoms with van der Waals surface area (Å²) in [6, 6.07) is 19.0. The minimum absolute atomic E-state index is 0.0327. The van der Waals surface area contributed by atoms with Gasteiger partial charge in [0.05, 0.1) is 0 Å². The third-order valence-corrected chi connectivity index (χ3v) is 6.43. The smallest absolute Gasteiger partial charge is 0.268 e. The van der Waals surface area contributed by atoms with Gasteiger partial charge in [0, 0.05) is 47.6 Å². The van der Waals surface area contributed by atoms with Crippen LogP contribution in [0.2, 0.25) is 5.02 Å². The lowest BCUT2D eigenvalue weighted by atomic mass is 10.0. The molecule has 0 unspecified atom stereocenters. The predicted octanol–water partition coefficient (Wildman–Crippen LogP) is 5.14. The van der Waals surface area contributed by atoms with Crippen LogP contribution in [0.4, 0.5) is 0 Å². The molecule has 4 nitrogen and oxygen atoms in total. The molecule has 1 aliphatic rings. The van der Waals surface area contributed by atoms with E-state index >= 15 is 0 Å². The maximum absolute atomic E-state index is 13.2. The summed E-state index contributed by atoms with van der Waals surface area (Å²) in [6.07, 6.45) is 2.87. The van der Waals surface area contributed by atoms with Crippen molar-refractivity contribution < 1.29 is 4.79 Å². The highest BCUT2D eigenvalue weighted by molar-refractivity contribution is 6.30. The maximum Gasteiger partial charge on any atom is 0.268 e. The summed E-state index contributed by atoms with van der Waals surface area (Å²) >= 11 is 6.01. The molecule has 1 fully saturated rings. The molecule has 2 aromatic carbocycles. The van der Waals surface area contributed by atoms with Crippen LogP contribution in [0, 0.1) is 0 Å². The van der Waals surface area contributed by atoms with Crippen molar-refractivity contribution >= 4 is 28.4 Å². The lowest BCUT2D eigenvalue weighted by Gasteiger charge is -2.34. The number of fused-ring (bicyclic) bond motifs is 1. The van der Waals surface area contributed by atoms with Crippen molar-refractivity contribution in [1.82, 2.24) is 14.8 Å². The highest BCUT2D eigenvalue weighted by Gasteiger charge is 2.24.